The molecule has 0 spiro atoms. The van der Waals surface area contributed by atoms with Gasteiger partial charge in [0.05, 0.1) is 19.8 Å². The van der Waals surface area contributed by atoms with Crippen molar-refractivity contribution >= 4 is 22.8 Å². The summed E-state index contributed by atoms with van der Waals surface area (Å²) >= 11 is 0. The molecule has 0 bridgehead atoms. The summed E-state index contributed by atoms with van der Waals surface area (Å²) in [5, 5.41) is 3.22. The number of fused-ring (bicyclic) bond motifs is 1. The number of esters is 1. The zero-order valence-electron chi connectivity index (χ0n) is 17.7. The fourth-order valence-electron chi connectivity index (χ4n) is 2.83. The Hall–Kier alpha value is -3.81. The molecule has 0 aliphatic heterocycles. The molecule has 1 N–H and O–H groups in total. The first kappa shape index (κ1) is 21.9. The molecule has 0 radical (unpaired) electrons. The first-order valence-electron chi connectivity index (χ1n) is 9.62. The molecule has 0 saturated carbocycles. The van der Waals surface area contributed by atoms with Crippen LogP contribution in [0.5, 0.6) is 17.2 Å². The SMILES string of the molecule is COc1ccc(C(=O)Oc2ccc3cc(C(=O)NCC(C)C)c(=O)oc3c2)cc1OC. The highest BCUT2D eigenvalue weighted by atomic mass is 16.5. The molecule has 8 heteroatoms. The average Bonchev–Trinajstić information content (AvgIpc) is 2.76. The lowest BCUT2D eigenvalue weighted by molar-refractivity contribution is 0.0734. The number of amides is 1. The van der Waals surface area contributed by atoms with E-state index in [1.54, 1.807) is 24.3 Å². The van der Waals surface area contributed by atoms with Crippen molar-refractivity contribution in [1.29, 1.82) is 0 Å². The van der Waals surface area contributed by atoms with E-state index in [-0.39, 0.29) is 28.4 Å². The van der Waals surface area contributed by atoms with E-state index in [4.69, 9.17) is 18.6 Å². The van der Waals surface area contributed by atoms with Crippen LogP contribution in [0.1, 0.15) is 34.6 Å². The first-order chi connectivity index (χ1) is 14.8. The molecule has 0 unspecified atom stereocenters. The summed E-state index contributed by atoms with van der Waals surface area (Å²) < 4.78 is 21.0. The summed E-state index contributed by atoms with van der Waals surface area (Å²) in [4.78, 5) is 37.0. The van der Waals surface area contributed by atoms with Crippen LogP contribution in [0.4, 0.5) is 0 Å². The zero-order valence-corrected chi connectivity index (χ0v) is 17.7. The summed E-state index contributed by atoms with van der Waals surface area (Å²) in [6.45, 7) is 4.35. The fourth-order valence-corrected chi connectivity index (χ4v) is 2.83. The van der Waals surface area contributed by atoms with Crippen LogP contribution in [-0.2, 0) is 0 Å². The maximum absolute atomic E-state index is 12.5. The number of hydrogen-bond donors (Lipinski definition) is 1. The largest absolute Gasteiger partial charge is 0.493 e. The molecule has 1 amide bonds. The summed E-state index contributed by atoms with van der Waals surface area (Å²) in [5.74, 6) is 0.206. The highest BCUT2D eigenvalue weighted by Gasteiger charge is 2.16. The second-order valence-electron chi connectivity index (χ2n) is 7.21. The predicted octanol–water partition coefficient (Wildman–Crippen LogP) is 3.42. The summed E-state index contributed by atoms with van der Waals surface area (Å²) in [6.07, 6.45) is 0. The van der Waals surface area contributed by atoms with Crippen molar-refractivity contribution in [3.05, 3.63) is 64.0 Å². The molecular formula is C23H23NO7. The smallest absolute Gasteiger partial charge is 0.349 e. The van der Waals surface area contributed by atoms with Crippen molar-refractivity contribution in [2.24, 2.45) is 5.92 Å². The second kappa shape index (κ2) is 9.34. The lowest BCUT2D eigenvalue weighted by Crippen LogP contribution is -2.31. The molecule has 3 aromatic rings. The van der Waals surface area contributed by atoms with Gasteiger partial charge < -0.3 is 23.9 Å². The fraction of sp³-hybridized carbons (Fsp3) is 0.261. The van der Waals surface area contributed by atoms with Gasteiger partial charge in [0.1, 0.15) is 16.9 Å². The van der Waals surface area contributed by atoms with Crippen LogP contribution in [0.25, 0.3) is 11.0 Å². The third-order valence-electron chi connectivity index (χ3n) is 4.45. The highest BCUT2D eigenvalue weighted by Crippen LogP contribution is 2.28. The Morgan fingerprint density at radius 3 is 2.42 bits per heavy atom. The molecule has 1 heterocycles. The van der Waals surface area contributed by atoms with Gasteiger partial charge in [-0.05, 0) is 42.3 Å². The van der Waals surface area contributed by atoms with Gasteiger partial charge in [-0.3, -0.25) is 4.79 Å². The topological polar surface area (TPSA) is 104 Å². The van der Waals surface area contributed by atoms with E-state index in [2.05, 4.69) is 5.32 Å². The lowest BCUT2D eigenvalue weighted by Gasteiger charge is -2.10. The standard InChI is InChI=1S/C23H23NO7/c1-13(2)12-24-21(25)17-9-14-5-7-16(11-19(14)31-23(17)27)30-22(26)15-6-8-18(28-3)20(10-15)29-4/h5-11,13H,12H2,1-4H3,(H,24,25). The van der Waals surface area contributed by atoms with Gasteiger partial charge in [-0.25, -0.2) is 9.59 Å². The molecule has 31 heavy (non-hydrogen) atoms. The predicted molar refractivity (Wildman–Crippen MR) is 114 cm³/mol. The van der Waals surface area contributed by atoms with Crippen LogP contribution in [0.3, 0.4) is 0 Å². The van der Waals surface area contributed by atoms with Crippen LogP contribution in [0.15, 0.2) is 51.7 Å². The summed E-state index contributed by atoms with van der Waals surface area (Å²) in [6, 6.07) is 10.7. The Bertz CT molecular complexity index is 1180. The van der Waals surface area contributed by atoms with Crippen molar-refractivity contribution < 1.29 is 28.2 Å². The van der Waals surface area contributed by atoms with Crippen molar-refractivity contribution in [2.45, 2.75) is 13.8 Å². The maximum atomic E-state index is 12.5. The summed E-state index contributed by atoms with van der Waals surface area (Å²) in [5.41, 5.74) is -0.389. The summed E-state index contributed by atoms with van der Waals surface area (Å²) in [7, 11) is 2.97. The quantitative estimate of drug-likeness (QED) is 0.351. The van der Waals surface area contributed by atoms with Gasteiger partial charge in [0.15, 0.2) is 11.5 Å². The number of benzene rings is 2. The molecule has 0 atom stereocenters. The Labute approximate surface area is 178 Å². The van der Waals surface area contributed by atoms with Gasteiger partial charge in [-0.1, -0.05) is 13.8 Å². The Kier molecular flexibility index (Phi) is 6.59. The number of ether oxygens (including phenoxy) is 3. The molecule has 0 fully saturated rings. The van der Waals surface area contributed by atoms with Crippen molar-refractivity contribution in [3.8, 4) is 17.2 Å². The van der Waals surface area contributed by atoms with Gasteiger partial charge in [-0.15, -0.1) is 0 Å². The van der Waals surface area contributed by atoms with E-state index >= 15 is 0 Å². The third kappa shape index (κ3) is 5.03. The first-order valence-corrected chi connectivity index (χ1v) is 9.62. The van der Waals surface area contributed by atoms with E-state index in [9.17, 15) is 14.4 Å². The second-order valence-corrected chi connectivity index (χ2v) is 7.21. The highest BCUT2D eigenvalue weighted by molar-refractivity contribution is 5.97. The van der Waals surface area contributed by atoms with E-state index in [1.807, 2.05) is 13.8 Å². The minimum atomic E-state index is -0.767. The van der Waals surface area contributed by atoms with Gasteiger partial charge in [0.25, 0.3) is 5.91 Å². The molecule has 0 aliphatic carbocycles. The monoisotopic (exact) mass is 425 g/mol. The number of nitrogens with one attached hydrogen (secondary N) is 1. The van der Waals surface area contributed by atoms with Crippen LogP contribution < -0.4 is 25.2 Å². The van der Waals surface area contributed by atoms with E-state index in [1.165, 1.54) is 32.4 Å². The van der Waals surface area contributed by atoms with Crippen molar-refractivity contribution in [2.75, 3.05) is 20.8 Å². The van der Waals surface area contributed by atoms with Crippen LogP contribution in [0.2, 0.25) is 0 Å². The van der Waals surface area contributed by atoms with Gasteiger partial charge in [-0.2, -0.15) is 0 Å². The van der Waals surface area contributed by atoms with Crippen LogP contribution in [-0.4, -0.2) is 32.6 Å². The van der Waals surface area contributed by atoms with E-state index in [0.717, 1.165) is 0 Å². The molecule has 0 aliphatic rings. The number of carbonyl (C=O) groups is 2. The average molecular weight is 425 g/mol. The zero-order chi connectivity index (χ0) is 22.5. The molecule has 162 valence electrons. The van der Waals surface area contributed by atoms with Gasteiger partial charge in [0.2, 0.25) is 0 Å². The number of rotatable bonds is 7. The van der Waals surface area contributed by atoms with E-state index < -0.39 is 17.5 Å². The van der Waals surface area contributed by atoms with Gasteiger partial charge in [0, 0.05) is 18.0 Å². The molecular weight excluding hydrogens is 402 g/mol. The third-order valence-corrected chi connectivity index (χ3v) is 4.45. The lowest BCUT2D eigenvalue weighted by atomic mass is 10.1. The minimum absolute atomic E-state index is 0.0803. The normalized spacial score (nSPS) is 10.7. The Balaban J connectivity index is 1.83. The van der Waals surface area contributed by atoms with Crippen LogP contribution >= 0.6 is 0 Å². The van der Waals surface area contributed by atoms with E-state index in [0.29, 0.717) is 23.4 Å². The van der Waals surface area contributed by atoms with Crippen LogP contribution in [0, 0.1) is 5.92 Å². The molecule has 0 saturated heterocycles. The number of hydrogen-bond acceptors (Lipinski definition) is 7. The molecule has 3 rings (SSSR count). The maximum Gasteiger partial charge on any atom is 0.349 e. The number of methoxy groups -OCH3 is 2. The van der Waals surface area contributed by atoms with Gasteiger partial charge >= 0.3 is 11.6 Å². The Morgan fingerprint density at radius 1 is 1.00 bits per heavy atom. The molecule has 1 aromatic heterocycles. The minimum Gasteiger partial charge on any atom is -0.493 e. The van der Waals surface area contributed by atoms with Crippen molar-refractivity contribution in [3.63, 3.8) is 0 Å². The molecule has 2 aromatic carbocycles. The Morgan fingerprint density at radius 2 is 1.74 bits per heavy atom. The molecule has 8 nitrogen and oxygen atoms in total. The van der Waals surface area contributed by atoms with Crippen molar-refractivity contribution in [1.82, 2.24) is 5.32 Å². The number of carbonyl (C=O) groups excluding carboxylic acids is 2.